The van der Waals surface area contributed by atoms with Gasteiger partial charge in [0.25, 0.3) is 5.69 Å². The molecule has 8 nitrogen and oxygen atoms in total. The Morgan fingerprint density at radius 2 is 1.82 bits per heavy atom. The van der Waals surface area contributed by atoms with Gasteiger partial charge in [0.1, 0.15) is 23.2 Å². The molecule has 4 aromatic rings. The van der Waals surface area contributed by atoms with E-state index in [-0.39, 0.29) is 28.6 Å². The number of fused-ring (bicyclic) bond motifs is 1. The molecule has 5 rings (SSSR count). The van der Waals surface area contributed by atoms with Gasteiger partial charge in [0.15, 0.2) is 5.58 Å². The standard InChI is InChI=1S/C23H17F2N3O5S/c24-15-4-9-18(19(25)13-15)14-3-10-22-20(12-14)26-23(33-22)21-2-1-11-27(21)34(31,32)17-7-5-16(6-8-17)28(29)30/h3-10,12-13,21H,1-2,11H2/t21-/m1/s1. The number of non-ortho nitro benzene ring substituents is 1. The van der Waals surface area contributed by atoms with E-state index < -0.39 is 32.6 Å². The fourth-order valence-corrected chi connectivity index (χ4v) is 5.78. The monoisotopic (exact) mass is 485 g/mol. The summed E-state index contributed by atoms with van der Waals surface area (Å²) in [5, 5.41) is 10.9. The summed E-state index contributed by atoms with van der Waals surface area (Å²) in [7, 11) is -3.95. The van der Waals surface area contributed by atoms with Crippen molar-refractivity contribution in [1.82, 2.24) is 9.29 Å². The number of nitro groups is 1. The van der Waals surface area contributed by atoms with Crippen molar-refractivity contribution in [2.45, 2.75) is 23.8 Å². The van der Waals surface area contributed by atoms with Gasteiger partial charge in [0, 0.05) is 30.3 Å². The number of nitro benzene ring substituents is 1. The van der Waals surface area contributed by atoms with E-state index >= 15 is 0 Å². The Morgan fingerprint density at radius 1 is 1.06 bits per heavy atom. The predicted octanol–water partition coefficient (Wildman–Crippen LogP) is 5.21. The van der Waals surface area contributed by atoms with Crippen LogP contribution in [0.2, 0.25) is 0 Å². The largest absolute Gasteiger partial charge is 0.439 e. The summed E-state index contributed by atoms with van der Waals surface area (Å²) in [5.74, 6) is -1.18. The van der Waals surface area contributed by atoms with E-state index in [1.54, 1.807) is 18.2 Å². The number of hydrogen-bond acceptors (Lipinski definition) is 6. The molecule has 0 radical (unpaired) electrons. The van der Waals surface area contributed by atoms with Crippen LogP contribution < -0.4 is 0 Å². The first-order valence-corrected chi connectivity index (χ1v) is 11.8. The third-order valence-electron chi connectivity index (χ3n) is 5.79. The average molecular weight is 485 g/mol. The average Bonchev–Trinajstić information content (AvgIpc) is 3.46. The fourth-order valence-electron chi connectivity index (χ4n) is 4.13. The van der Waals surface area contributed by atoms with Crippen molar-refractivity contribution in [2.24, 2.45) is 0 Å². The Bertz CT molecular complexity index is 1520. The minimum atomic E-state index is -3.95. The highest BCUT2D eigenvalue weighted by Gasteiger charge is 2.39. The van der Waals surface area contributed by atoms with Gasteiger partial charge in [0.2, 0.25) is 15.9 Å². The summed E-state index contributed by atoms with van der Waals surface area (Å²) in [6, 6.07) is 12.2. The van der Waals surface area contributed by atoms with Gasteiger partial charge in [-0.3, -0.25) is 10.1 Å². The Labute approximate surface area is 192 Å². The molecule has 1 aliphatic heterocycles. The Hall–Kier alpha value is -3.70. The van der Waals surface area contributed by atoms with E-state index in [1.165, 1.54) is 22.5 Å². The van der Waals surface area contributed by atoms with Crippen LogP contribution >= 0.6 is 0 Å². The molecule has 0 unspecified atom stereocenters. The molecule has 1 aromatic heterocycles. The second-order valence-corrected chi connectivity index (χ2v) is 9.77. The van der Waals surface area contributed by atoms with E-state index in [0.29, 0.717) is 29.5 Å². The van der Waals surface area contributed by atoms with Crippen LogP contribution in [0.5, 0.6) is 0 Å². The molecule has 2 heterocycles. The third kappa shape index (κ3) is 3.82. The zero-order valence-corrected chi connectivity index (χ0v) is 18.3. The summed E-state index contributed by atoms with van der Waals surface area (Å²) in [5.41, 5.74) is 1.30. The highest BCUT2D eigenvalue weighted by Crippen LogP contribution is 2.38. The highest BCUT2D eigenvalue weighted by atomic mass is 32.2. The molecule has 1 aliphatic rings. The summed E-state index contributed by atoms with van der Waals surface area (Å²) < 4.78 is 61.0. The van der Waals surface area contributed by atoms with Crippen molar-refractivity contribution < 1.29 is 26.5 Å². The van der Waals surface area contributed by atoms with Crippen molar-refractivity contribution in [2.75, 3.05) is 6.54 Å². The van der Waals surface area contributed by atoms with Crippen LogP contribution in [-0.4, -0.2) is 29.2 Å². The van der Waals surface area contributed by atoms with E-state index in [9.17, 15) is 27.3 Å². The molecule has 0 spiro atoms. The minimum absolute atomic E-state index is 0.0600. The molecule has 0 N–H and O–H groups in total. The fraction of sp³-hybridized carbons (Fsp3) is 0.174. The molecular weight excluding hydrogens is 468 g/mol. The summed E-state index contributed by atoms with van der Waals surface area (Å²) in [6.07, 6.45) is 1.07. The minimum Gasteiger partial charge on any atom is -0.439 e. The zero-order chi connectivity index (χ0) is 24.0. The number of hydrogen-bond donors (Lipinski definition) is 0. The lowest BCUT2D eigenvalue weighted by molar-refractivity contribution is -0.384. The molecule has 1 saturated heterocycles. The number of rotatable bonds is 5. The number of oxazole rings is 1. The van der Waals surface area contributed by atoms with Gasteiger partial charge < -0.3 is 4.42 Å². The number of nitrogens with zero attached hydrogens (tertiary/aromatic N) is 3. The van der Waals surface area contributed by atoms with Crippen LogP contribution in [0.25, 0.3) is 22.2 Å². The molecule has 0 saturated carbocycles. The topological polar surface area (TPSA) is 107 Å². The number of aromatic nitrogens is 1. The summed E-state index contributed by atoms with van der Waals surface area (Å²) in [6.45, 7) is 0.245. The third-order valence-corrected chi connectivity index (χ3v) is 7.71. The SMILES string of the molecule is O=[N+]([O-])c1ccc(S(=O)(=O)N2CCC[C@@H]2c2nc3cc(-c4ccc(F)cc4F)ccc3o2)cc1. The molecule has 1 fully saturated rings. The van der Waals surface area contributed by atoms with Crippen LogP contribution in [0, 0.1) is 21.7 Å². The smallest absolute Gasteiger partial charge is 0.269 e. The predicted molar refractivity (Wildman–Crippen MR) is 118 cm³/mol. The quantitative estimate of drug-likeness (QED) is 0.284. The van der Waals surface area contributed by atoms with Crippen molar-refractivity contribution in [3.63, 3.8) is 0 Å². The number of benzene rings is 3. The van der Waals surface area contributed by atoms with Crippen molar-refractivity contribution in [1.29, 1.82) is 0 Å². The number of halogens is 2. The van der Waals surface area contributed by atoms with Gasteiger partial charge in [-0.25, -0.2) is 22.2 Å². The Kier molecular flexibility index (Phi) is 5.37. The molecule has 3 aromatic carbocycles. The van der Waals surface area contributed by atoms with E-state index in [1.807, 2.05) is 0 Å². The first-order valence-electron chi connectivity index (χ1n) is 10.4. The summed E-state index contributed by atoms with van der Waals surface area (Å²) >= 11 is 0. The molecule has 11 heteroatoms. The van der Waals surface area contributed by atoms with Gasteiger partial charge in [0.05, 0.1) is 9.82 Å². The van der Waals surface area contributed by atoms with E-state index in [0.717, 1.165) is 24.3 Å². The molecule has 0 bridgehead atoms. The van der Waals surface area contributed by atoms with Crippen LogP contribution in [0.4, 0.5) is 14.5 Å². The maximum atomic E-state index is 14.2. The molecule has 174 valence electrons. The van der Waals surface area contributed by atoms with E-state index in [4.69, 9.17) is 4.42 Å². The van der Waals surface area contributed by atoms with Crippen LogP contribution in [0.3, 0.4) is 0 Å². The van der Waals surface area contributed by atoms with Crippen molar-refractivity contribution in [3.8, 4) is 11.1 Å². The van der Waals surface area contributed by atoms with Gasteiger partial charge >= 0.3 is 0 Å². The first kappa shape index (κ1) is 22.1. The second kappa shape index (κ2) is 8.26. The lowest BCUT2D eigenvalue weighted by Crippen LogP contribution is -2.30. The molecule has 0 aliphatic carbocycles. The normalized spacial score (nSPS) is 16.8. The maximum Gasteiger partial charge on any atom is 0.269 e. The Balaban J connectivity index is 1.48. The van der Waals surface area contributed by atoms with Gasteiger partial charge in [-0.1, -0.05) is 6.07 Å². The van der Waals surface area contributed by atoms with Crippen LogP contribution in [-0.2, 0) is 10.0 Å². The van der Waals surface area contributed by atoms with Gasteiger partial charge in [-0.15, -0.1) is 0 Å². The van der Waals surface area contributed by atoms with Gasteiger partial charge in [-0.05, 0) is 54.8 Å². The van der Waals surface area contributed by atoms with Crippen molar-refractivity contribution in [3.05, 3.63) is 88.3 Å². The first-order chi connectivity index (χ1) is 16.2. The zero-order valence-electron chi connectivity index (χ0n) is 17.5. The van der Waals surface area contributed by atoms with Gasteiger partial charge in [-0.2, -0.15) is 4.31 Å². The van der Waals surface area contributed by atoms with E-state index in [2.05, 4.69) is 4.98 Å². The van der Waals surface area contributed by atoms with Crippen LogP contribution in [0.1, 0.15) is 24.8 Å². The van der Waals surface area contributed by atoms with Crippen molar-refractivity contribution >= 4 is 26.8 Å². The second-order valence-electron chi connectivity index (χ2n) is 7.88. The highest BCUT2D eigenvalue weighted by molar-refractivity contribution is 7.89. The number of sulfonamides is 1. The molecule has 34 heavy (non-hydrogen) atoms. The lowest BCUT2D eigenvalue weighted by atomic mass is 10.0. The molecular formula is C23H17F2N3O5S. The lowest BCUT2D eigenvalue weighted by Gasteiger charge is -2.21. The Morgan fingerprint density at radius 3 is 2.53 bits per heavy atom. The molecule has 0 amide bonds. The molecule has 1 atom stereocenters. The van der Waals surface area contributed by atoms with Crippen LogP contribution in [0.15, 0.2) is 70.0 Å². The maximum absolute atomic E-state index is 14.2. The summed E-state index contributed by atoms with van der Waals surface area (Å²) in [4.78, 5) is 14.7.